The van der Waals surface area contributed by atoms with Gasteiger partial charge in [0.15, 0.2) is 0 Å². The second-order valence-electron chi connectivity index (χ2n) is 1.62. The smallest absolute Gasteiger partial charge is 0.303 e. The van der Waals surface area contributed by atoms with Crippen molar-refractivity contribution in [3.8, 4) is 0 Å². The van der Waals surface area contributed by atoms with Gasteiger partial charge >= 0.3 is 5.97 Å². The number of carbonyl (C=O) groups is 1. The summed E-state index contributed by atoms with van der Waals surface area (Å²) in [6.07, 6.45) is 1.86. The van der Waals surface area contributed by atoms with E-state index in [2.05, 4.69) is 24.4 Å². The first kappa shape index (κ1) is 9.81. The van der Waals surface area contributed by atoms with Crippen LogP contribution in [0, 0.1) is 0 Å². The zero-order valence-corrected chi connectivity index (χ0v) is 8.51. The molecule has 2 unspecified atom stereocenters. The molecule has 1 N–H and O–H groups in total. The number of halogens is 1. The Labute approximate surface area is 66.0 Å². The van der Waals surface area contributed by atoms with Crippen LogP contribution >= 0.6 is 30.7 Å². The van der Waals surface area contributed by atoms with Gasteiger partial charge in [-0.1, -0.05) is 24.4 Å². The summed E-state index contributed by atoms with van der Waals surface area (Å²) in [5, 5.41) is 8.21. The van der Waals surface area contributed by atoms with E-state index < -0.39 is 5.97 Å². The molecule has 0 amide bonds. The van der Waals surface area contributed by atoms with Gasteiger partial charge in [-0.05, 0) is 18.9 Å². The quantitative estimate of drug-likeness (QED) is 0.754. The highest BCUT2D eigenvalue weighted by molar-refractivity contribution is 9.44. The standard InChI is InChI=1S/C4H9BrO2P2/c5-9(8)3-1-2-4(6)7/h1-3,8H2,(H,6,7). The third kappa shape index (κ3) is 8.81. The molecule has 0 heterocycles. The van der Waals surface area contributed by atoms with Gasteiger partial charge < -0.3 is 5.11 Å². The molecule has 0 fully saturated rings. The molecule has 54 valence electrons. The molecule has 2 nitrogen and oxygen atoms in total. The van der Waals surface area contributed by atoms with E-state index in [1.165, 1.54) is 0 Å². The van der Waals surface area contributed by atoms with Gasteiger partial charge in [0.05, 0.1) is 0 Å². The van der Waals surface area contributed by atoms with Crippen LogP contribution in [-0.2, 0) is 4.79 Å². The van der Waals surface area contributed by atoms with Crippen LogP contribution in [0.4, 0.5) is 0 Å². The molecule has 0 aromatic rings. The van der Waals surface area contributed by atoms with E-state index in [1.807, 2.05) is 0 Å². The monoisotopic (exact) mass is 230 g/mol. The zero-order chi connectivity index (χ0) is 7.28. The van der Waals surface area contributed by atoms with E-state index in [0.717, 1.165) is 12.6 Å². The topological polar surface area (TPSA) is 37.3 Å². The Balaban J connectivity index is 3.01. The summed E-state index contributed by atoms with van der Waals surface area (Å²) in [5.74, 6) is -0.704. The average molecular weight is 231 g/mol. The summed E-state index contributed by atoms with van der Waals surface area (Å²) < 4.78 is 0. The molecule has 0 saturated carbocycles. The molecule has 0 aliphatic rings. The molecule has 0 saturated heterocycles. The molecular weight excluding hydrogens is 222 g/mol. The maximum Gasteiger partial charge on any atom is 0.303 e. The molecule has 0 radical (unpaired) electrons. The maximum atomic E-state index is 9.97. The second-order valence-corrected chi connectivity index (χ2v) is 9.74. The lowest BCUT2D eigenvalue weighted by Gasteiger charge is -1.98. The van der Waals surface area contributed by atoms with Crippen LogP contribution in [0.2, 0.25) is 0 Å². The van der Waals surface area contributed by atoms with Crippen molar-refractivity contribution in [2.45, 2.75) is 12.8 Å². The highest BCUT2D eigenvalue weighted by atomic mass is 79.9. The van der Waals surface area contributed by atoms with Gasteiger partial charge in [0.1, 0.15) is 0 Å². The van der Waals surface area contributed by atoms with Crippen molar-refractivity contribution in [3.63, 3.8) is 0 Å². The van der Waals surface area contributed by atoms with Crippen molar-refractivity contribution < 1.29 is 9.90 Å². The van der Waals surface area contributed by atoms with Crippen LogP contribution in [-0.4, -0.2) is 17.2 Å². The fraction of sp³-hybridized carbons (Fsp3) is 0.750. The number of hydrogen-bond acceptors (Lipinski definition) is 1. The molecule has 0 aromatic heterocycles. The van der Waals surface area contributed by atoms with Crippen molar-refractivity contribution in [2.75, 3.05) is 6.16 Å². The Morgan fingerprint density at radius 1 is 1.78 bits per heavy atom. The normalized spacial score (nSPS) is 13.1. The summed E-state index contributed by atoms with van der Waals surface area (Å²) in [7, 11) is 2.63. The summed E-state index contributed by atoms with van der Waals surface area (Å²) in [6, 6.07) is 0. The van der Waals surface area contributed by atoms with Gasteiger partial charge in [0.2, 0.25) is 0 Å². The lowest BCUT2D eigenvalue weighted by atomic mass is 10.3. The third-order valence-electron chi connectivity index (χ3n) is 0.762. The number of carboxylic acid groups (broad SMARTS) is 1. The number of carboxylic acids is 1. The van der Waals surface area contributed by atoms with Crippen molar-refractivity contribution in [1.82, 2.24) is 0 Å². The van der Waals surface area contributed by atoms with Crippen molar-refractivity contribution >= 4 is 36.7 Å². The highest BCUT2D eigenvalue weighted by Crippen LogP contribution is 2.52. The molecule has 5 heteroatoms. The van der Waals surface area contributed by atoms with Gasteiger partial charge in [-0.3, -0.25) is 4.79 Å². The zero-order valence-electron chi connectivity index (χ0n) is 4.88. The fourth-order valence-electron chi connectivity index (χ4n) is 0.381. The van der Waals surface area contributed by atoms with Gasteiger partial charge in [-0.25, -0.2) is 0 Å². The predicted molar refractivity (Wildman–Crippen MR) is 47.3 cm³/mol. The maximum absolute atomic E-state index is 9.97. The van der Waals surface area contributed by atoms with E-state index in [1.54, 1.807) is 0 Å². The van der Waals surface area contributed by atoms with Gasteiger partial charge in [0.25, 0.3) is 0 Å². The minimum absolute atomic E-state index is 0.165. The number of aliphatic carboxylic acids is 1. The molecule has 2 atom stereocenters. The second kappa shape index (κ2) is 5.58. The molecule has 9 heavy (non-hydrogen) atoms. The summed E-state index contributed by atoms with van der Waals surface area (Å²) >= 11 is 3.36. The van der Waals surface area contributed by atoms with Crippen molar-refractivity contribution in [3.05, 3.63) is 0 Å². The largest absolute Gasteiger partial charge is 0.481 e. The van der Waals surface area contributed by atoms with Crippen molar-refractivity contribution in [2.24, 2.45) is 0 Å². The van der Waals surface area contributed by atoms with E-state index in [0.29, 0.717) is 6.42 Å². The first-order chi connectivity index (χ1) is 4.13. The molecule has 0 aromatic carbocycles. The van der Waals surface area contributed by atoms with Crippen LogP contribution in [0.1, 0.15) is 12.8 Å². The Morgan fingerprint density at radius 2 is 2.33 bits per heavy atom. The molecule has 0 bridgehead atoms. The first-order valence-corrected chi connectivity index (χ1v) is 7.69. The summed E-state index contributed by atoms with van der Waals surface area (Å²) in [6.45, 7) is 0. The Bertz CT molecular complexity index is 96.6. The lowest BCUT2D eigenvalue weighted by molar-refractivity contribution is -0.137. The predicted octanol–water partition coefficient (Wildman–Crippen LogP) is 2.43. The minimum atomic E-state index is -0.704. The van der Waals surface area contributed by atoms with Gasteiger partial charge in [-0.15, -0.1) is 0 Å². The van der Waals surface area contributed by atoms with Crippen LogP contribution in [0.15, 0.2) is 0 Å². The van der Waals surface area contributed by atoms with E-state index in [4.69, 9.17) is 5.11 Å². The summed E-state index contributed by atoms with van der Waals surface area (Å²) in [5.41, 5.74) is 0. The van der Waals surface area contributed by atoms with Crippen LogP contribution < -0.4 is 0 Å². The van der Waals surface area contributed by atoms with E-state index >= 15 is 0 Å². The Kier molecular flexibility index (Phi) is 6.09. The van der Waals surface area contributed by atoms with Gasteiger partial charge in [0, 0.05) is 6.42 Å². The van der Waals surface area contributed by atoms with Crippen molar-refractivity contribution in [1.29, 1.82) is 0 Å². The van der Waals surface area contributed by atoms with Crippen LogP contribution in [0.5, 0.6) is 0 Å². The minimum Gasteiger partial charge on any atom is -0.481 e. The fourth-order valence-corrected chi connectivity index (χ4v) is 2.14. The van der Waals surface area contributed by atoms with Crippen LogP contribution in [0.25, 0.3) is 0 Å². The Hall–Kier alpha value is 0.810. The van der Waals surface area contributed by atoms with Gasteiger partial charge in [-0.2, -0.15) is 0 Å². The molecular formula is C4H9BrO2P2. The highest BCUT2D eigenvalue weighted by Gasteiger charge is 1.98. The average Bonchev–Trinajstić information content (AvgIpc) is 1.63. The molecule has 0 aliphatic carbocycles. The third-order valence-corrected chi connectivity index (χ3v) is 3.34. The Morgan fingerprint density at radius 3 is 2.67 bits per heavy atom. The first-order valence-electron chi connectivity index (χ1n) is 2.52. The SMILES string of the molecule is O=C(O)CCCP(P)Br. The van der Waals surface area contributed by atoms with E-state index in [-0.39, 0.29) is 6.31 Å². The summed E-state index contributed by atoms with van der Waals surface area (Å²) in [4.78, 5) is 9.97. The number of rotatable bonds is 4. The number of hydrogen-bond donors (Lipinski definition) is 1. The molecule has 0 spiro atoms. The van der Waals surface area contributed by atoms with E-state index in [9.17, 15) is 4.79 Å². The molecule has 0 rings (SSSR count). The molecule has 0 aliphatic heterocycles. The lowest BCUT2D eigenvalue weighted by Crippen LogP contribution is -1.93. The van der Waals surface area contributed by atoms with Crippen LogP contribution in [0.3, 0.4) is 0 Å².